The van der Waals surface area contributed by atoms with E-state index in [0.717, 1.165) is 12.5 Å². The number of aliphatic hydroxyl groups excluding tert-OH is 1. The van der Waals surface area contributed by atoms with E-state index < -0.39 is 0 Å². The number of aliphatic hydroxyl groups is 1. The van der Waals surface area contributed by atoms with Crippen molar-refractivity contribution >= 4 is 0 Å². The molecule has 1 heterocycles. The first kappa shape index (κ1) is 16.3. The van der Waals surface area contributed by atoms with Crippen LogP contribution in [0.15, 0.2) is 0 Å². The van der Waals surface area contributed by atoms with Crippen molar-refractivity contribution in [1.82, 2.24) is 4.90 Å². The van der Waals surface area contributed by atoms with Gasteiger partial charge in [0.15, 0.2) is 0 Å². The molecule has 2 aliphatic rings. The minimum Gasteiger partial charge on any atom is -0.392 e. The zero-order chi connectivity index (χ0) is 14.6. The Labute approximate surface area is 125 Å². The first-order valence-corrected chi connectivity index (χ1v) is 8.93. The third-order valence-electron chi connectivity index (χ3n) is 5.77. The summed E-state index contributed by atoms with van der Waals surface area (Å²) in [6.45, 7) is 10.4. The number of rotatable bonds is 4. The lowest BCUT2D eigenvalue weighted by Crippen LogP contribution is -2.45. The first-order chi connectivity index (χ1) is 9.53. The van der Waals surface area contributed by atoms with Gasteiger partial charge in [-0.2, -0.15) is 0 Å². The summed E-state index contributed by atoms with van der Waals surface area (Å²) < 4.78 is 0. The van der Waals surface area contributed by atoms with Crippen LogP contribution in [-0.2, 0) is 0 Å². The second kappa shape index (κ2) is 7.26. The van der Waals surface area contributed by atoms with Crippen LogP contribution in [0.4, 0.5) is 0 Å². The lowest BCUT2D eigenvalue weighted by molar-refractivity contribution is -0.0427. The molecular formula is C18H35NO. The Bertz CT molecular complexity index is 289. The van der Waals surface area contributed by atoms with Crippen LogP contribution < -0.4 is 0 Å². The largest absolute Gasteiger partial charge is 0.392 e. The average molecular weight is 281 g/mol. The van der Waals surface area contributed by atoms with Crippen LogP contribution in [0.1, 0.15) is 72.1 Å². The normalized spacial score (nSPS) is 35.7. The van der Waals surface area contributed by atoms with Gasteiger partial charge in [-0.1, -0.05) is 40.0 Å². The predicted molar refractivity (Wildman–Crippen MR) is 85.8 cm³/mol. The van der Waals surface area contributed by atoms with Crippen LogP contribution in [0.3, 0.4) is 0 Å². The molecular weight excluding hydrogens is 246 g/mol. The Hall–Kier alpha value is -0.0800. The smallest absolute Gasteiger partial charge is 0.0631 e. The Kier molecular flexibility index (Phi) is 5.92. The number of hydrogen-bond acceptors (Lipinski definition) is 2. The van der Waals surface area contributed by atoms with Crippen molar-refractivity contribution in [3.63, 3.8) is 0 Å². The lowest BCUT2D eigenvalue weighted by Gasteiger charge is -2.42. The third kappa shape index (κ3) is 4.21. The standard InChI is InChI=1S/C18H35NO/c1-4-7-15-8-6-12-19(13-10-15)14-16-9-5-11-18(2,3)17(16)20/h15-17,20H,4-14H2,1-3H3. The Morgan fingerprint density at radius 2 is 1.90 bits per heavy atom. The Morgan fingerprint density at radius 1 is 1.10 bits per heavy atom. The first-order valence-electron chi connectivity index (χ1n) is 8.93. The van der Waals surface area contributed by atoms with Crippen molar-refractivity contribution in [2.24, 2.45) is 17.3 Å². The van der Waals surface area contributed by atoms with Gasteiger partial charge < -0.3 is 10.0 Å². The van der Waals surface area contributed by atoms with E-state index in [2.05, 4.69) is 25.7 Å². The van der Waals surface area contributed by atoms with Crippen molar-refractivity contribution in [1.29, 1.82) is 0 Å². The molecule has 2 rings (SSSR count). The van der Waals surface area contributed by atoms with E-state index in [1.807, 2.05) is 0 Å². The van der Waals surface area contributed by atoms with E-state index >= 15 is 0 Å². The molecule has 3 atom stereocenters. The summed E-state index contributed by atoms with van der Waals surface area (Å²) in [5.41, 5.74) is 0.125. The van der Waals surface area contributed by atoms with E-state index in [4.69, 9.17) is 0 Å². The van der Waals surface area contributed by atoms with Gasteiger partial charge in [0.1, 0.15) is 0 Å². The van der Waals surface area contributed by atoms with Gasteiger partial charge in [0, 0.05) is 6.54 Å². The van der Waals surface area contributed by atoms with E-state index in [9.17, 15) is 5.11 Å². The van der Waals surface area contributed by atoms with Crippen LogP contribution >= 0.6 is 0 Å². The summed E-state index contributed by atoms with van der Waals surface area (Å²) in [7, 11) is 0. The van der Waals surface area contributed by atoms with Gasteiger partial charge in [-0.25, -0.2) is 0 Å². The van der Waals surface area contributed by atoms with Gasteiger partial charge in [0.05, 0.1) is 6.10 Å². The van der Waals surface area contributed by atoms with Crippen molar-refractivity contribution in [3.8, 4) is 0 Å². The fourth-order valence-electron chi connectivity index (χ4n) is 4.39. The summed E-state index contributed by atoms with van der Waals surface area (Å²) in [5.74, 6) is 1.46. The van der Waals surface area contributed by atoms with Gasteiger partial charge in [0.25, 0.3) is 0 Å². The molecule has 2 fully saturated rings. The summed E-state index contributed by atoms with van der Waals surface area (Å²) in [6, 6.07) is 0. The predicted octanol–water partition coefficient (Wildman–Crippen LogP) is 4.08. The summed E-state index contributed by atoms with van der Waals surface area (Å²) in [5, 5.41) is 10.6. The van der Waals surface area contributed by atoms with Crippen LogP contribution in [-0.4, -0.2) is 35.7 Å². The Balaban J connectivity index is 1.83. The van der Waals surface area contributed by atoms with Crippen molar-refractivity contribution in [2.45, 2.75) is 78.2 Å². The molecule has 118 valence electrons. The molecule has 2 heteroatoms. The monoisotopic (exact) mass is 281 g/mol. The minimum absolute atomic E-state index is 0.106. The van der Waals surface area contributed by atoms with Crippen molar-refractivity contribution < 1.29 is 5.11 Å². The second-order valence-corrected chi connectivity index (χ2v) is 7.97. The van der Waals surface area contributed by atoms with E-state index in [1.54, 1.807) is 0 Å². The zero-order valence-corrected chi connectivity index (χ0v) is 13.9. The van der Waals surface area contributed by atoms with Crippen LogP contribution in [0.25, 0.3) is 0 Å². The lowest BCUT2D eigenvalue weighted by atomic mass is 9.69. The second-order valence-electron chi connectivity index (χ2n) is 7.97. The highest BCUT2D eigenvalue weighted by Crippen LogP contribution is 2.39. The van der Waals surface area contributed by atoms with E-state index in [-0.39, 0.29) is 11.5 Å². The SMILES string of the molecule is CCCC1CCCN(CC2CCCC(C)(C)C2O)CC1. The van der Waals surface area contributed by atoms with E-state index in [0.29, 0.717) is 5.92 Å². The fourth-order valence-corrected chi connectivity index (χ4v) is 4.39. The summed E-state index contributed by atoms with van der Waals surface area (Å²) >= 11 is 0. The Morgan fingerprint density at radius 3 is 2.65 bits per heavy atom. The molecule has 2 nitrogen and oxygen atoms in total. The number of likely N-dealkylation sites (tertiary alicyclic amines) is 1. The minimum atomic E-state index is -0.106. The topological polar surface area (TPSA) is 23.5 Å². The molecule has 0 spiro atoms. The summed E-state index contributed by atoms with van der Waals surface area (Å²) in [6.07, 6.45) is 10.5. The van der Waals surface area contributed by atoms with Crippen LogP contribution in [0.2, 0.25) is 0 Å². The van der Waals surface area contributed by atoms with Gasteiger partial charge >= 0.3 is 0 Å². The highest BCUT2D eigenvalue weighted by molar-refractivity contribution is 4.89. The molecule has 1 saturated carbocycles. The molecule has 20 heavy (non-hydrogen) atoms. The molecule has 0 radical (unpaired) electrons. The third-order valence-corrected chi connectivity index (χ3v) is 5.77. The number of hydrogen-bond donors (Lipinski definition) is 1. The van der Waals surface area contributed by atoms with Crippen LogP contribution in [0, 0.1) is 17.3 Å². The maximum atomic E-state index is 10.6. The highest BCUT2D eigenvalue weighted by Gasteiger charge is 2.38. The fraction of sp³-hybridized carbons (Fsp3) is 1.00. The average Bonchev–Trinajstić information content (AvgIpc) is 2.61. The molecule has 0 aromatic heterocycles. The van der Waals surface area contributed by atoms with E-state index in [1.165, 1.54) is 64.5 Å². The van der Waals surface area contributed by atoms with Gasteiger partial charge in [-0.3, -0.25) is 0 Å². The highest BCUT2D eigenvalue weighted by atomic mass is 16.3. The molecule has 0 aromatic rings. The van der Waals surface area contributed by atoms with Gasteiger partial charge in [-0.15, -0.1) is 0 Å². The molecule has 1 N–H and O–H groups in total. The molecule has 3 unspecified atom stereocenters. The maximum absolute atomic E-state index is 10.6. The molecule has 0 bridgehead atoms. The molecule has 1 saturated heterocycles. The molecule has 1 aliphatic heterocycles. The van der Waals surface area contributed by atoms with Gasteiger partial charge in [-0.05, 0) is 62.4 Å². The zero-order valence-electron chi connectivity index (χ0n) is 13.9. The molecule has 0 amide bonds. The van der Waals surface area contributed by atoms with Crippen LogP contribution in [0.5, 0.6) is 0 Å². The maximum Gasteiger partial charge on any atom is 0.0631 e. The van der Waals surface area contributed by atoms with Crippen molar-refractivity contribution in [3.05, 3.63) is 0 Å². The quantitative estimate of drug-likeness (QED) is 0.839. The summed E-state index contributed by atoms with van der Waals surface area (Å²) in [4.78, 5) is 2.64. The molecule has 1 aliphatic carbocycles. The van der Waals surface area contributed by atoms with Gasteiger partial charge in [0.2, 0.25) is 0 Å². The van der Waals surface area contributed by atoms with Crippen molar-refractivity contribution in [2.75, 3.05) is 19.6 Å². The number of nitrogens with zero attached hydrogens (tertiary/aromatic N) is 1. The molecule has 0 aromatic carbocycles.